The summed E-state index contributed by atoms with van der Waals surface area (Å²) >= 11 is 0. The fraction of sp³-hybridized carbons (Fsp3) is 0.600. The number of sulfonamides is 1. The molecule has 1 aromatic carbocycles. The molecule has 4 rings (SSSR count). The van der Waals surface area contributed by atoms with Crippen LogP contribution in [0.25, 0.3) is 0 Å². The molecule has 0 radical (unpaired) electrons. The van der Waals surface area contributed by atoms with E-state index in [4.69, 9.17) is 15.2 Å². The lowest BCUT2D eigenvalue weighted by molar-refractivity contribution is 0.174. The van der Waals surface area contributed by atoms with Crippen LogP contribution in [-0.2, 0) is 10.0 Å². The maximum Gasteiger partial charge on any atom is 0.243 e. The molecule has 1 saturated heterocycles. The van der Waals surface area contributed by atoms with Crippen molar-refractivity contribution in [2.45, 2.75) is 30.7 Å². The van der Waals surface area contributed by atoms with E-state index in [0.29, 0.717) is 46.9 Å². The summed E-state index contributed by atoms with van der Waals surface area (Å²) in [6.45, 7) is 3.04. The second-order valence-corrected chi connectivity index (χ2v) is 8.36. The molecule has 23 heavy (non-hydrogen) atoms. The predicted octanol–water partition coefficient (Wildman–Crippen LogP) is 1.50. The topological polar surface area (TPSA) is 81.9 Å². The van der Waals surface area contributed by atoms with Crippen molar-refractivity contribution in [2.24, 2.45) is 17.6 Å². The first-order valence-corrected chi connectivity index (χ1v) is 9.07. The van der Waals surface area contributed by atoms with Crippen molar-refractivity contribution in [1.29, 1.82) is 0 Å². The lowest BCUT2D eigenvalue weighted by atomic mass is 9.98. The zero-order valence-corrected chi connectivity index (χ0v) is 14.5. The second-order valence-electron chi connectivity index (χ2n) is 6.46. The molecular formula is C15H21ClN2O4S. The minimum atomic E-state index is -3.51. The van der Waals surface area contributed by atoms with Crippen LogP contribution in [0.3, 0.4) is 0 Å². The largest absolute Gasteiger partial charge is 0.454 e. The molecule has 6 nitrogen and oxygen atoms in total. The van der Waals surface area contributed by atoms with Crippen LogP contribution in [0.1, 0.15) is 18.4 Å². The van der Waals surface area contributed by atoms with Crippen LogP contribution in [-0.4, -0.2) is 38.6 Å². The van der Waals surface area contributed by atoms with Gasteiger partial charge in [0.1, 0.15) is 0 Å². The van der Waals surface area contributed by atoms with E-state index in [9.17, 15) is 8.42 Å². The highest BCUT2D eigenvalue weighted by Crippen LogP contribution is 2.41. The van der Waals surface area contributed by atoms with Crippen molar-refractivity contribution in [3.8, 4) is 11.5 Å². The standard InChI is InChI=1S/C15H20N2O4S.ClH/c1-9-4-13-14(21-8-20-13)5-15(9)22(18,19)17-6-10-2-3-12(16)11(10)7-17;/h4-5,10-12H,2-3,6-8,16H2,1H3;1H. The van der Waals surface area contributed by atoms with Gasteiger partial charge in [-0.05, 0) is 43.2 Å². The smallest absolute Gasteiger partial charge is 0.243 e. The Morgan fingerprint density at radius 1 is 1.17 bits per heavy atom. The molecule has 3 atom stereocenters. The highest BCUT2D eigenvalue weighted by atomic mass is 35.5. The fourth-order valence-electron chi connectivity index (χ4n) is 3.90. The third kappa shape index (κ3) is 2.59. The average molecular weight is 361 g/mol. The number of halogens is 1. The van der Waals surface area contributed by atoms with Crippen LogP contribution in [0.4, 0.5) is 0 Å². The Bertz CT molecular complexity index is 724. The van der Waals surface area contributed by atoms with Crippen molar-refractivity contribution in [3.63, 3.8) is 0 Å². The van der Waals surface area contributed by atoms with E-state index < -0.39 is 10.0 Å². The van der Waals surface area contributed by atoms with Gasteiger partial charge in [0.15, 0.2) is 11.5 Å². The number of hydrogen-bond acceptors (Lipinski definition) is 5. The first-order valence-electron chi connectivity index (χ1n) is 7.63. The normalized spacial score (nSPS) is 29.4. The zero-order chi connectivity index (χ0) is 15.5. The van der Waals surface area contributed by atoms with Crippen molar-refractivity contribution < 1.29 is 17.9 Å². The van der Waals surface area contributed by atoms with Crippen LogP contribution in [0.5, 0.6) is 11.5 Å². The molecule has 1 aliphatic carbocycles. The van der Waals surface area contributed by atoms with Crippen LogP contribution < -0.4 is 15.2 Å². The zero-order valence-electron chi connectivity index (χ0n) is 12.9. The molecule has 0 amide bonds. The molecule has 0 spiro atoms. The number of ether oxygens (including phenoxy) is 2. The molecule has 1 saturated carbocycles. The Balaban J connectivity index is 0.00000156. The van der Waals surface area contributed by atoms with E-state index in [-0.39, 0.29) is 25.2 Å². The Kier molecular flexibility index (Phi) is 4.25. The van der Waals surface area contributed by atoms with Crippen molar-refractivity contribution in [1.82, 2.24) is 4.31 Å². The maximum atomic E-state index is 13.0. The fourth-order valence-corrected chi connectivity index (χ4v) is 5.66. The predicted molar refractivity (Wildman–Crippen MR) is 87.5 cm³/mol. The first-order chi connectivity index (χ1) is 10.5. The molecule has 2 heterocycles. The third-order valence-corrected chi connectivity index (χ3v) is 7.14. The van der Waals surface area contributed by atoms with Gasteiger partial charge in [0.2, 0.25) is 16.8 Å². The number of fused-ring (bicyclic) bond motifs is 2. The van der Waals surface area contributed by atoms with E-state index in [1.54, 1.807) is 23.4 Å². The number of rotatable bonds is 2. The van der Waals surface area contributed by atoms with Gasteiger partial charge >= 0.3 is 0 Å². The minimum Gasteiger partial charge on any atom is -0.454 e. The maximum absolute atomic E-state index is 13.0. The summed E-state index contributed by atoms with van der Waals surface area (Å²) in [5, 5.41) is 0. The van der Waals surface area contributed by atoms with E-state index in [1.165, 1.54) is 0 Å². The summed E-state index contributed by atoms with van der Waals surface area (Å²) < 4.78 is 38.2. The number of nitrogens with two attached hydrogens (primary N) is 1. The molecule has 3 aliphatic rings. The molecule has 1 aromatic rings. The summed E-state index contributed by atoms with van der Waals surface area (Å²) in [6.07, 6.45) is 2.03. The quantitative estimate of drug-likeness (QED) is 0.864. The summed E-state index contributed by atoms with van der Waals surface area (Å²) in [5.74, 6) is 1.81. The molecule has 8 heteroatoms. The monoisotopic (exact) mass is 360 g/mol. The molecule has 2 N–H and O–H groups in total. The van der Waals surface area contributed by atoms with Crippen molar-refractivity contribution in [2.75, 3.05) is 19.9 Å². The van der Waals surface area contributed by atoms with Crippen LogP contribution >= 0.6 is 12.4 Å². The van der Waals surface area contributed by atoms with Gasteiger partial charge in [-0.2, -0.15) is 4.31 Å². The summed E-state index contributed by atoms with van der Waals surface area (Å²) in [4.78, 5) is 0.310. The van der Waals surface area contributed by atoms with Gasteiger partial charge in [0.25, 0.3) is 0 Å². The SMILES string of the molecule is Cc1cc2c(cc1S(=O)(=O)N1CC3CCC(N)C3C1)OCO2.Cl. The number of nitrogens with zero attached hydrogens (tertiary/aromatic N) is 1. The van der Waals surface area contributed by atoms with E-state index >= 15 is 0 Å². The van der Waals surface area contributed by atoms with Gasteiger partial charge in [-0.25, -0.2) is 8.42 Å². The highest BCUT2D eigenvalue weighted by molar-refractivity contribution is 7.89. The van der Waals surface area contributed by atoms with E-state index in [1.807, 2.05) is 0 Å². The lowest BCUT2D eigenvalue weighted by Gasteiger charge is -2.20. The molecule has 0 bridgehead atoms. The lowest BCUT2D eigenvalue weighted by Crippen LogP contribution is -2.33. The van der Waals surface area contributed by atoms with E-state index in [0.717, 1.165) is 12.8 Å². The van der Waals surface area contributed by atoms with Gasteiger partial charge in [-0.3, -0.25) is 0 Å². The Labute approximate surface area is 142 Å². The number of benzene rings is 1. The van der Waals surface area contributed by atoms with Crippen LogP contribution in [0.15, 0.2) is 17.0 Å². The molecule has 3 unspecified atom stereocenters. The Morgan fingerprint density at radius 2 is 1.87 bits per heavy atom. The van der Waals surface area contributed by atoms with Gasteiger partial charge < -0.3 is 15.2 Å². The highest BCUT2D eigenvalue weighted by Gasteiger charge is 2.45. The molecule has 0 aromatic heterocycles. The summed E-state index contributed by atoms with van der Waals surface area (Å²) in [5.41, 5.74) is 6.80. The third-order valence-electron chi connectivity index (χ3n) is 5.17. The minimum absolute atomic E-state index is 0. The Morgan fingerprint density at radius 3 is 2.57 bits per heavy atom. The van der Waals surface area contributed by atoms with Gasteiger partial charge in [-0.15, -0.1) is 12.4 Å². The molecular weight excluding hydrogens is 340 g/mol. The van der Waals surface area contributed by atoms with Gasteiger partial charge in [0.05, 0.1) is 4.90 Å². The van der Waals surface area contributed by atoms with Crippen LogP contribution in [0.2, 0.25) is 0 Å². The van der Waals surface area contributed by atoms with Gasteiger partial charge in [0, 0.05) is 25.2 Å². The van der Waals surface area contributed by atoms with E-state index in [2.05, 4.69) is 0 Å². The van der Waals surface area contributed by atoms with Crippen LogP contribution in [0, 0.1) is 18.8 Å². The second kappa shape index (κ2) is 5.81. The summed E-state index contributed by atoms with van der Waals surface area (Å²) in [6, 6.07) is 3.45. The Hall–Kier alpha value is -1.02. The van der Waals surface area contributed by atoms with Crippen molar-refractivity contribution in [3.05, 3.63) is 17.7 Å². The number of aryl methyl sites for hydroxylation is 1. The van der Waals surface area contributed by atoms with Crippen molar-refractivity contribution >= 4 is 22.4 Å². The first kappa shape index (κ1) is 16.8. The number of hydrogen-bond donors (Lipinski definition) is 1. The molecule has 2 fully saturated rings. The molecule has 2 aliphatic heterocycles. The van der Waals surface area contributed by atoms with Gasteiger partial charge in [-0.1, -0.05) is 0 Å². The summed E-state index contributed by atoms with van der Waals surface area (Å²) in [7, 11) is -3.51. The average Bonchev–Trinajstić information content (AvgIpc) is 3.15. The molecule has 128 valence electrons.